The summed E-state index contributed by atoms with van der Waals surface area (Å²) in [4.78, 5) is 3.69. The first-order valence-electron chi connectivity index (χ1n) is 15.9. The van der Waals surface area contributed by atoms with E-state index in [1.807, 2.05) is 30.3 Å². The molecule has 0 radical (unpaired) electrons. The van der Waals surface area contributed by atoms with Gasteiger partial charge in [-0.1, -0.05) is 91.0 Å². The molecule has 2 heterocycles. The summed E-state index contributed by atoms with van der Waals surface area (Å²) in [6, 6.07) is 57.0. The van der Waals surface area contributed by atoms with Crippen molar-refractivity contribution in [2.45, 2.75) is 0 Å². The van der Waals surface area contributed by atoms with E-state index in [0.717, 1.165) is 66.5 Å². The number of fused-ring (bicyclic) bond motifs is 6. The number of aromatic nitrogens is 2. The Morgan fingerprint density at radius 2 is 0.979 bits per heavy atom. The van der Waals surface area contributed by atoms with Gasteiger partial charge in [0.05, 0.1) is 40.3 Å². The van der Waals surface area contributed by atoms with Crippen molar-refractivity contribution in [1.29, 1.82) is 5.26 Å². The lowest BCUT2D eigenvalue weighted by Gasteiger charge is -2.12. The average molecular weight is 611 g/mol. The third-order valence-corrected chi connectivity index (χ3v) is 9.33. The van der Waals surface area contributed by atoms with Crippen LogP contribution in [0.4, 0.5) is 5.69 Å². The maximum atomic E-state index is 9.49. The molecule has 0 spiro atoms. The molecule has 0 saturated heterocycles. The highest BCUT2D eigenvalue weighted by atomic mass is 15.0. The van der Waals surface area contributed by atoms with E-state index in [2.05, 4.69) is 147 Å². The maximum absolute atomic E-state index is 9.49. The van der Waals surface area contributed by atoms with Crippen molar-refractivity contribution in [3.63, 3.8) is 0 Å². The molecule has 0 N–H and O–H groups in total. The minimum absolute atomic E-state index is 0.643. The zero-order valence-electron chi connectivity index (χ0n) is 25.8. The highest BCUT2D eigenvalue weighted by molar-refractivity contribution is 6.11. The zero-order valence-corrected chi connectivity index (χ0v) is 25.8. The van der Waals surface area contributed by atoms with Gasteiger partial charge in [0, 0.05) is 27.5 Å². The SMILES string of the molecule is [C-]#[N+]c1ccc2c(c1)c1ccccc1n2-c1cccc(-c2ccc3c4ccccc4n(-c4cccc(-c5cccc(C#N)c5)c4)c3c2)c1. The quantitative estimate of drug-likeness (QED) is 0.183. The van der Waals surface area contributed by atoms with Crippen LogP contribution in [0.15, 0.2) is 158 Å². The average Bonchev–Trinajstić information content (AvgIpc) is 3.67. The Kier molecular flexibility index (Phi) is 6.22. The molecule has 48 heavy (non-hydrogen) atoms. The predicted molar refractivity (Wildman–Crippen MR) is 197 cm³/mol. The van der Waals surface area contributed by atoms with Crippen LogP contribution in [0.25, 0.3) is 82.1 Å². The number of para-hydroxylation sites is 2. The van der Waals surface area contributed by atoms with Crippen LogP contribution in [0.1, 0.15) is 5.56 Å². The summed E-state index contributed by atoms with van der Waals surface area (Å²) in [6.07, 6.45) is 0. The van der Waals surface area contributed by atoms with Gasteiger partial charge in [-0.3, -0.25) is 0 Å². The molecule has 2 aromatic heterocycles. The fourth-order valence-corrected chi connectivity index (χ4v) is 7.15. The summed E-state index contributed by atoms with van der Waals surface area (Å²) >= 11 is 0. The first-order chi connectivity index (χ1) is 23.7. The second kappa shape index (κ2) is 10.9. The van der Waals surface area contributed by atoms with Crippen molar-refractivity contribution < 1.29 is 0 Å². The molecule has 0 amide bonds. The van der Waals surface area contributed by atoms with Gasteiger partial charge in [-0.05, 0) is 94.4 Å². The Morgan fingerprint density at radius 1 is 0.438 bits per heavy atom. The summed E-state index contributed by atoms with van der Waals surface area (Å²) in [5, 5.41) is 14.1. The van der Waals surface area contributed by atoms with Crippen LogP contribution >= 0.6 is 0 Å². The number of nitriles is 1. The maximum Gasteiger partial charge on any atom is 0.188 e. The van der Waals surface area contributed by atoms with Gasteiger partial charge in [0.1, 0.15) is 0 Å². The second-order valence-corrected chi connectivity index (χ2v) is 12.0. The summed E-state index contributed by atoms with van der Waals surface area (Å²) in [6.45, 7) is 7.55. The van der Waals surface area contributed by atoms with Gasteiger partial charge in [0.25, 0.3) is 0 Å². The van der Waals surface area contributed by atoms with Crippen LogP contribution in [0.3, 0.4) is 0 Å². The van der Waals surface area contributed by atoms with E-state index >= 15 is 0 Å². The third kappa shape index (κ3) is 4.29. The van der Waals surface area contributed by atoms with Crippen molar-refractivity contribution >= 4 is 49.3 Å². The van der Waals surface area contributed by atoms with E-state index < -0.39 is 0 Å². The smallest absolute Gasteiger partial charge is 0.188 e. The zero-order chi connectivity index (χ0) is 32.2. The molecule has 0 unspecified atom stereocenters. The van der Waals surface area contributed by atoms with E-state index in [9.17, 15) is 5.26 Å². The Morgan fingerprint density at radius 3 is 1.65 bits per heavy atom. The molecule has 9 rings (SSSR count). The van der Waals surface area contributed by atoms with Crippen LogP contribution in [-0.4, -0.2) is 9.13 Å². The largest absolute Gasteiger partial charge is 0.309 e. The van der Waals surface area contributed by atoms with Gasteiger partial charge < -0.3 is 9.13 Å². The van der Waals surface area contributed by atoms with Crippen LogP contribution in [0.5, 0.6) is 0 Å². The Labute approximate surface area is 277 Å². The molecule has 0 aliphatic carbocycles. The second-order valence-electron chi connectivity index (χ2n) is 12.0. The van der Waals surface area contributed by atoms with Gasteiger partial charge in [-0.2, -0.15) is 5.26 Å². The van der Waals surface area contributed by atoms with Gasteiger partial charge in [0.2, 0.25) is 0 Å². The first-order valence-corrected chi connectivity index (χ1v) is 15.9. The summed E-state index contributed by atoms with van der Waals surface area (Å²) < 4.78 is 4.64. The molecule has 222 valence electrons. The van der Waals surface area contributed by atoms with E-state index in [4.69, 9.17) is 6.57 Å². The standard InChI is InChI=1S/C44H26N4/c1-46-34-20-22-43-40(27-34)38-16-3-5-18-42(38)47(43)35-13-8-12-32(25-35)33-19-21-39-37-15-2-4-17-41(37)48(44(39)26-33)36-14-7-11-31(24-36)30-10-6-9-29(23-30)28-45/h2-27H. The number of nitrogens with zero attached hydrogens (tertiary/aromatic N) is 4. The summed E-state index contributed by atoms with van der Waals surface area (Å²) in [5.74, 6) is 0. The highest BCUT2D eigenvalue weighted by Crippen LogP contribution is 2.38. The molecule has 4 heteroatoms. The van der Waals surface area contributed by atoms with Crippen LogP contribution in [0.2, 0.25) is 0 Å². The lowest BCUT2D eigenvalue weighted by atomic mass is 10.0. The molecule has 9 aromatic rings. The van der Waals surface area contributed by atoms with E-state index in [1.165, 1.54) is 10.8 Å². The van der Waals surface area contributed by atoms with Crippen LogP contribution < -0.4 is 0 Å². The minimum atomic E-state index is 0.643. The Bertz CT molecular complexity index is 2820. The first kappa shape index (κ1) is 27.4. The van der Waals surface area contributed by atoms with Crippen LogP contribution in [0, 0.1) is 17.9 Å². The van der Waals surface area contributed by atoms with E-state index in [1.54, 1.807) is 0 Å². The lowest BCUT2D eigenvalue weighted by molar-refractivity contribution is 1.18. The number of hydrogen-bond acceptors (Lipinski definition) is 1. The van der Waals surface area contributed by atoms with Crippen molar-refractivity contribution in [2.75, 3.05) is 0 Å². The topological polar surface area (TPSA) is 38.0 Å². The van der Waals surface area contributed by atoms with Gasteiger partial charge in [-0.15, -0.1) is 0 Å². The predicted octanol–water partition coefficient (Wildman–Crippen LogP) is 11.6. The molecule has 0 bridgehead atoms. The fourth-order valence-electron chi connectivity index (χ4n) is 7.15. The monoisotopic (exact) mass is 610 g/mol. The van der Waals surface area contributed by atoms with Gasteiger partial charge in [-0.25, -0.2) is 4.85 Å². The molecule has 4 nitrogen and oxygen atoms in total. The van der Waals surface area contributed by atoms with E-state index in [0.29, 0.717) is 11.3 Å². The summed E-state index contributed by atoms with van der Waals surface area (Å²) in [5.41, 5.74) is 12.2. The minimum Gasteiger partial charge on any atom is -0.309 e. The molecule has 0 aliphatic rings. The highest BCUT2D eigenvalue weighted by Gasteiger charge is 2.16. The Balaban J connectivity index is 1.22. The van der Waals surface area contributed by atoms with Crippen LogP contribution in [-0.2, 0) is 0 Å². The molecular weight excluding hydrogens is 585 g/mol. The van der Waals surface area contributed by atoms with Crippen molar-refractivity contribution in [1.82, 2.24) is 9.13 Å². The van der Waals surface area contributed by atoms with Crippen molar-refractivity contribution in [3.8, 4) is 39.7 Å². The number of benzene rings is 7. The van der Waals surface area contributed by atoms with Gasteiger partial charge >= 0.3 is 0 Å². The summed E-state index contributed by atoms with van der Waals surface area (Å²) in [7, 11) is 0. The Hall–Kier alpha value is -6.88. The molecule has 0 fully saturated rings. The third-order valence-electron chi connectivity index (χ3n) is 9.33. The number of rotatable bonds is 4. The van der Waals surface area contributed by atoms with Crippen molar-refractivity contribution in [2.24, 2.45) is 0 Å². The van der Waals surface area contributed by atoms with E-state index in [-0.39, 0.29) is 0 Å². The molecular formula is C44H26N4. The normalized spacial score (nSPS) is 11.3. The molecule has 7 aromatic carbocycles. The molecule has 0 aliphatic heterocycles. The molecule has 0 saturated carbocycles. The lowest BCUT2D eigenvalue weighted by Crippen LogP contribution is -1.95. The van der Waals surface area contributed by atoms with Crippen molar-refractivity contribution in [3.05, 3.63) is 175 Å². The molecule has 0 atom stereocenters. The van der Waals surface area contributed by atoms with Gasteiger partial charge in [0.15, 0.2) is 5.69 Å². The fraction of sp³-hybridized carbons (Fsp3) is 0. The number of hydrogen-bond donors (Lipinski definition) is 0.